The first-order chi connectivity index (χ1) is 26.5. The number of unbranched alkanes of at least 4 members (excludes halogenated alkanes) is 27. The number of hydrogen-bond acceptors (Lipinski definition) is 6. The van der Waals surface area contributed by atoms with Crippen LogP contribution in [0.15, 0.2) is 24.3 Å². The maximum Gasteiger partial charge on any atom is 0.306 e. The maximum atomic E-state index is 12.6. The zero-order valence-corrected chi connectivity index (χ0v) is 36.0. The fourth-order valence-electron chi connectivity index (χ4n) is 6.65. The van der Waals surface area contributed by atoms with Crippen molar-refractivity contribution in [3.05, 3.63) is 24.3 Å². The smallest absolute Gasteiger partial charge is 0.306 e. The van der Waals surface area contributed by atoms with Gasteiger partial charge in [-0.05, 0) is 51.4 Å². The van der Waals surface area contributed by atoms with Crippen molar-refractivity contribution < 1.29 is 28.6 Å². The Balaban J connectivity index is 4.01. The summed E-state index contributed by atoms with van der Waals surface area (Å²) in [6.45, 7) is 6.51. The summed E-state index contributed by atoms with van der Waals surface area (Å²) >= 11 is 0. The summed E-state index contributed by atoms with van der Waals surface area (Å²) in [6, 6.07) is 0. The van der Waals surface area contributed by atoms with E-state index in [4.69, 9.17) is 14.2 Å². The van der Waals surface area contributed by atoms with Crippen LogP contribution < -0.4 is 0 Å². The summed E-state index contributed by atoms with van der Waals surface area (Å²) < 4.78 is 16.5. The molecule has 0 heterocycles. The third-order valence-corrected chi connectivity index (χ3v) is 10.2. The van der Waals surface area contributed by atoms with Crippen LogP contribution in [0.25, 0.3) is 0 Å². The van der Waals surface area contributed by atoms with Crippen molar-refractivity contribution in [1.82, 2.24) is 0 Å². The van der Waals surface area contributed by atoms with Crippen molar-refractivity contribution >= 4 is 17.9 Å². The van der Waals surface area contributed by atoms with Gasteiger partial charge in [0.2, 0.25) is 0 Å². The van der Waals surface area contributed by atoms with E-state index in [2.05, 4.69) is 45.1 Å². The van der Waals surface area contributed by atoms with Crippen LogP contribution in [-0.4, -0.2) is 37.2 Å². The summed E-state index contributed by atoms with van der Waals surface area (Å²) in [5.41, 5.74) is 0. The topological polar surface area (TPSA) is 78.9 Å². The highest BCUT2D eigenvalue weighted by Gasteiger charge is 2.19. The van der Waals surface area contributed by atoms with Gasteiger partial charge in [0.05, 0.1) is 0 Å². The third-order valence-electron chi connectivity index (χ3n) is 10.2. The fourth-order valence-corrected chi connectivity index (χ4v) is 6.65. The lowest BCUT2D eigenvalue weighted by Gasteiger charge is -2.18. The highest BCUT2D eigenvalue weighted by atomic mass is 16.6. The molecule has 1 unspecified atom stereocenters. The lowest BCUT2D eigenvalue weighted by atomic mass is 10.0. The summed E-state index contributed by atoms with van der Waals surface area (Å²) in [5, 5.41) is 0. The first-order valence-corrected chi connectivity index (χ1v) is 23.3. The Kier molecular flexibility index (Phi) is 41.9. The molecule has 316 valence electrons. The molecular formula is C48H88O6. The molecule has 6 nitrogen and oxygen atoms in total. The lowest BCUT2D eigenvalue weighted by molar-refractivity contribution is -0.167. The number of carbonyl (C=O) groups is 3. The van der Waals surface area contributed by atoms with Crippen molar-refractivity contribution in [2.45, 2.75) is 252 Å². The Morgan fingerprint density at radius 3 is 1.02 bits per heavy atom. The molecule has 0 aromatic carbocycles. The quantitative estimate of drug-likeness (QED) is 0.0267. The van der Waals surface area contributed by atoms with E-state index in [0.29, 0.717) is 19.3 Å². The van der Waals surface area contributed by atoms with Crippen LogP contribution in [0.3, 0.4) is 0 Å². The van der Waals surface area contributed by atoms with E-state index in [9.17, 15) is 14.4 Å². The normalized spacial score (nSPS) is 12.1. The van der Waals surface area contributed by atoms with Gasteiger partial charge in [-0.15, -0.1) is 0 Å². The van der Waals surface area contributed by atoms with Crippen molar-refractivity contribution in [2.75, 3.05) is 13.2 Å². The van der Waals surface area contributed by atoms with E-state index >= 15 is 0 Å². The molecular weight excluding hydrogens is 673 g/mol. The molecule has 0 saturated heterocycles. The highest BCUT2D eigenvalue weighted by Crippen LogP contribution is 2.15. The minimum absolute atomic E-state index is 0.0700. The number of esters is 3. The molecule has 6 heteroatoms. The molecule has 0 bridgehead atoms. The molecule has 0 fully saturated rings. The van der Waals surface area contributed by atoms with Gasteiger partial charge in [0.1, 0.15) is 13.2 Å². The van der Waals surface area contributed by atoms with Crippen LogP contribution in [0.4, 0.5) is 0 Å². The molecule has 0 aromatic heterocycles. The first-order valence-electron chi connectivity index (χ1n) is 23.3. The van der Waals surface area contributed by atoms with Gasteiger partial charge in [-0.3, -0.25) is 14.4 Å². The van der Waals surface area contributed by atoms with Gasteiger partial charge in [0.25, 0.3) is 0 Å². The van der Waals surface area contributed by atoms with Crippen molar-refractivity contribution in [1.29, 1.82) is 0 Å². The van der Waals surface area contributed by atoms with Gasteiger partial charge in [0.15, 0.2) is 6.10 Å². The third kappa shape index (κ3) is 41.1. The first kappa shape index (κ1) is 51.9. The summed E-state index contributed by atoms with van der Waals surface area (Å²) in [7, 11) is 0. The molecule has 0 rings (SSSR count). The zero-order chi connectivity index (χ0) is 39.4. The molecule has 0 amide bonds. The molecule has 0 aromatic rings. The Hall–Kier alpha value is -2.11. The molecule has 0 aliphatic carbocycles. The number of allylic oxidation sites excluding steroid dienone is 4. The highest BCUT2D eigenvalue weighted by molar-refractivity contribution is 5.71. The number of carbonyl (C=O) groups excluding carboxylic acids is 3. The maximum absolute atomic E-state index is 12.6. The second kappa shape index (κ2) is 43.6. The van der Waals surface area contributed by atoms with Crippen LogP contribution in [0.2, 0.25) is 0 Å². The van der Waals surface area contributed by atoms with Gasteiger partial charge in [-0.2, -0.15) is 0 Å². The van der Waals surface area contributed by atoms with Crippen molar-refractivity contribution in [3.8, 4) is 0 Å². The van der Waals surface area contributed by atoms with E-state index in [1.807, 2.05) is 0 Å². The van der Waals surface area contributed by atoms with Crippen LogP contribution in [-0.2, 0) is 28.6 Å². The van der Waals surface area contributed by atoms with Gasteiger partial charge in [-0.1, -0.05) is 199 Å². The molecule has 0 aliphatic heterocycles. The molecule has 0 radical (unpaired) electrons. The van der Waals surface area contributed by atoms with Crippen LogP contribution in [0.1, 0.15) is 245 Å². The molecule has 0 aliphatic rings. The van der Waals surface area contributed by atoms with Crippen molar-refractivity contribution in [3.63, 3.8) is 0 Å². The Bertz CT molecular complexity index is 880. The van der Waals surface area contributed by atoms with E-state index in [1.165, 1.54) is 135 Å². The predicted octanol–water partition coefficient (Wildman–Crippen LogP) is 14.8. The van der Waals surface area contributed by atoms with Gasteiger partial charge < -0.3 is 14.2 Å². The molecule has 0 spiro atoms. The number of hydrogen-bond donors (Lipinski definition) is 0. The molecule has 0 saturated carbocycles. The minimum atomic E-state index is -0.761. The summed E-state index contributed by atoms with van der Waals surface area (Å²) in [6.07, 6.45) is 47.8. The van der Waals surface area contributed by atoms with E-state index in [0.717, 1.165) is 70.6 Å². The molecule has 1 atom stereocenters. The lowest BCUT2D eigenvalue weighted by Crippen LogP contribution is -2.30. The van der Waals surface area contributed by atoms with Gasteiger partial charge in [-0.25, -0.2) is 0 Å². The second-order valence-corrected chi connectivity index (χ2v) is 15.7. The second-order valence-electron chi connectivity index (χ2n) is 15.7. The number of rotatable bonds is 42. The van der Waals surface area contributed by atoms with Crippen molar-refractivity contribution in [2.24, 2.45) is 0 Å². The molecule has 54 heavy (non-hydrogen) atoms. The fraction of sp³-hybridized carbons (Fsp3) is 0.854. The monoisotopic (exact) mass is 761 g/mol. The van der Waals surface area contributed by atoms with Crippen LogP contribution >= 0.6 is 0 Å². The van der Waals surface area contributed by atoms with Crippen LogP contribution in [0, 0.1) is 0 Å². The summed E-state index contributed by atoms with van der Waals surface area (Å²) in [5.74, 6) is -0.886. The SMILES string of the molecule is CCCCCCC/C=C\C/C=C\CCCCCCCCCCCCCC(=O)OCC(COC(=O)CCCCCCC)OC(=O)CCCCCCCCCC. The Morgan fingerprint density at radius 2 is 0.667 bits per heavy atom. The average molecular weight is 761 g/mol. The molecule has 0 N–H and O–H groups in total. The van der Waals surface area contributed by atoms with Crippen LogP contribution in [0.5, 0.6) is 0 Å². The Labute approximate surface area is 334 Å². The zero-order valence-electron chi connectivity index (χ0n) is 36.0. The number of ether oxygens (including phenoxy) is 3. The Morgan fingerprint density at radius 1 is 0.370 bits per heavy atom. The predicted molar refractivity (Wildman–Crippen MR) is 229 cm³/mol. The minimum Gasteiger partial charge on any atom is -0.462 e. The van der Waals surface area contributed by atoms with Gasteiger partial charge >= 0.3 is 17.9 Å². The largest absolute Gasteiger partial charge is 0.462 e. The van der Waals surface area contributed by atoms with E-state index in [1.54, 1.807) is 0 Å². The van der Waals surface area contributed by atoms with Gasteiger partial charge in [0, 0.05) is 19.3 Å². The van der Waals surface area contributed by atoms with E-state index < -0.39 is 6.10 Å². The summed E-state index contributed by atoms with van der Waals surface area (Å²) in [4.78, 5) is 37.3. The average Bonchev–Trinajstić information content (AvgIpc) is 3.17. The standard InChI is InChI=1S/C48H88O6/c1-4-7-10-13-15-17-18-19-20-21-22-23-24-25-26-27-28-29-30-31-33-35-38-41-47(50)53-44-45(43-52-46(49)40-37-34-12-9-6-3)54-48(51)42-39-36-32-16-14-11-8-5-2/h18-19,21-22,45H,4-17,20,23-44H2,1-3H3/b19-18-,22-21-. The van der Waals surface area contributed by atoms with E-state index in [-0.39, 0.29) is 31.1 Å².